The van der Waals surface area contributed by atoms with E-state index in [9.17, 15) is 0 Å². The Kier molecular flexibility index (Phi) is 5.10. The molecule has 1 aromatic rings. The minimum absolute atomic E-state index is 0.359. The number of nitrogens with zero attached hydrogens (tertiary/aromatic N) is 4. The lowest BCUT2D eigenvalue weighted by Gasteiger charge is -2.31. The normalized spacial score (nSPS) is 17.1. The number of aromatic nitrogens is 2. The van der Waals surface area contributed by atoms with Crippen LogP contribution in [0.5, 0.6) is 0 Å². The Balaban J connectivity index is 1.68. The molecule has 5 nitrogen and oxygen atoms in total. The fraction of sp³-hybridized carbons (Fsp3) is 0.643. The third-order valence-corrected chi connectivity index (χ3v) is 3.78. The van der Waals surface area contributed by atoms with Crippen molar-refractivity contribution in [3.05, 3.63) is 18.1 Å². The molecule has 0 spiro atoms. The number of piperidine rings is 1. The van der Waals surface area contributed by atoms with Crippen molar-refractivity contribution < 1.29 is 0 Å². The summed E-state index contributed by atoms with van der Waals surface area (Å²) in [5.41, 5.74) is 0.359. The highest BCUT2D eigenvalue weighted by Crippen LogP contribution is 2.20. The summed E-state index contributed by atoms with van der Waals surface area (Å²) in [6, 6.07) is 1.97. The first kappa shape index (κ1) is 13.8. The van der Waals surface area contributed by atoms with E-state index in [2.05, 4.69) is 27.1 Å². The second kappa shape index (κ2) is 7.05. The summed E-state index contributed by atoms with van der Waals surface area (Å²) in [5, 5.41) is 11.9. The summed E-state index contributed by atoms with van der Waals surface area (Å²) >= 11 is 0. The number of nitriles is 1. The quantitative estimate of drug-likeness (QED) is 0.874. The Labute approximate surface area is 114 Å². The van der Waals surface area contributed by atoms with Crippen LogP contribution in [0.25, 0.3) is 0 Å². The van der Waals surface area contributed by atoms with Crippen LogP contribution >= 0.6 is 0 Å². The summed E-state index contributed by atoms with van der Waals surface area (Å²) in [4.78, 5) is 10.7. The predicted molar refractivity (Wildman–Crippen MR) is 74.7 cm³/mol. The van der Waals surface area contributed by atoms with Gasteiger partial charge < -0.3 is 10.2 Å². The van der Waals surface area contributed by atoms with Crippen LogP contribution in [0.3, 0.4) is 0 Å². The second-order valence-electron chi connectivity index (χ2n) is 4.99. The minimum Gasteiger partial charge on any atom is -0.369 e. The van der Waals surface area contributed by atoms with Gasteiger partial charge in [-0.2, -0.15) is 5.26 Å². The van der Waals surface area contributed by atoms with Gasteiger partial charge in [-0.1, -0.05) is 6.92 Å². The lowest BCUT2D eigenvalue weighted by atomic mass is 9.93. The van der Waals surface area contributed by atoms with E-state index in [-0.39, 0.29) is 0 Å². The summed E-state index contributed by atoms with van der Waals surface area (Å²) in [7, 11) is 0. The van der Waals surface area contributed by atoms with E-state index in [0.717, 1.165) is 18.3 Å². The number of anilines is 1. The second-order valence-corrected chi connectivity index (χ2v) is 4.99. The predicted octanol–water partition coefficient (Wildman–Crippen LogP) is 1.88. The van der Waals surface area contributed by atoms with E-state index < -0.39 is 0 Å². The van der Waals surface area contributed by atoms with Crippen molar-refractivity contribution >= 4 is 5.82 Å². The van der Waals surface area contributed by atoms with E-state index in [4.69, 9.17) is 5.26 Å². The highest BCUT2D eigenvalue weighted by atomic mass is 15.1. The topological polar surface area (TPSA) is 64.8 Å². The van der Waals surface area contributed by atoms with Crippen LogP contribution in [0.15, 0.2) is 12.4 Å². The van der Waals surface area contributed by atoms with Crippen LogP contribution in [0, 0.1) is 17.2 Å². The smallest absolute Gasteiger partial charge is 0.158 e. The Hall–Kier alpha value is -1.67. The molecule has 5 heteroatoms. The van der Waals surface area contributed by atoms with Crippen molar-refractivity contribution in [3.63, 3.8) is 0 Å². The van der Waals surface area contributed by atoms with Crippen molar-refractivity contribution in [2.24, 2.45) is 5.92 Å². The highest BCUT2D eigenvalue weighted by Gasteiger charge is 2.17. The molecule has 102 valence electrons. The Morgan fingerprint density at radius 1 is 1.37 bits per heavy atom. The molecule has 19 heavy (non-hydrogen) atoms. The molecular weight excluding hydrogens is 238 g/mol. The van der Waals surface area contributed by atoms with E-state index in [0.29, 0.717) is 5.69 Å². The number of rotatable bonds is 5. The van der Waals surface area contributed by atoms with Gasteiger partial charge in [-0.15, -0.1) is 0 Å². The fourth-order valence-electron chi connectivity index (χ4n) is 2.47. The van der Waals surface area contributed by atoms with Crippen molar-refractivity contribution in [1.29, 1.82) is 5.26 Å². The van der Waals surface area contributed by atoms with E-state index in [1.54, 1.807) is 6.20 Å². The molecule has 0 aromatic carbocycles. The molecule has 2 heterocycles. The molecule has 0 unspecified atom stereocenters. The maximum Gasteiger partial charge on any atom is 0.158 e. The lowest BCUT2D eigenvalue weighted by molar-refractivity contribution is 0.189. The van der Waals surface area contributed by atoms with Crippen LogP contribution in [0.1, 0.15) is 31.9 Å². The molecule has 0 radical (unpaired) electrons. The molecular formula is C14H21N5. The first-order chi connectivity index (χ1) is 9.31. The molecule has 1 aromatic heterocycles. The molecule has 0 aliphatic carbocycles. The van der Waals surface area contributed by atoms with Crippen LogP contribution in [0.4, 0.5) is 5.82 Å². The first-order valence-corrected chi connectivity index (χ1v) is 7.00. The first-order valence-electron chi connectivity index (χ1n) is 7.00. The van der Waals surface area contributed by atoms with Crippen molar-refractivity contribution in [2.45, 2.75) is 26.2 Å². The molecule has 1 aliphatic heterocycles. The van der Waals surface area contributed by atoms with Gasteiger partial charge in [0.05, 0.1) is 12.4 Å². The molecule has 0 bridgehead atoms. The monoisotopic (exact) mass is 259 g/mol. The summed E-state index contributed by atoms with van der Waals surface area (Å²) < 4.78 is 0. The third-order valence-electron chi connectivity index (χ3n) is 3.78. The molecule has 1 N–H and O–H groups in total. The lowest BCUT2D eigenvalue weighted by Crippen LogP contribution is -2.33. The maximum atomic E-state index is 8.64. The van der Waals surface area contributed by atoms with Crippen molar-refractivity contribution in [2.75, 3.05) is 31.5 Å². The standard InChI is InChI=1S/C14H21N5/c1-2-19-7-4-12(5-8-19)3-6-16-14-11-17-13(9-15)10-18-14/h10-12H,2-8H2,1H3,(H,16,18). The SMILES string of the molecule is CCN1CCC(CCNc2cnc(C#N)cn2)CC1. The largest absolute Gasteiger partial charge is 0.369 e. The Bertz CT molecular complexity index is 414. The molecule has 0 saturated carbocycles. The number of nitrogens with one attached hydrogen (secondary N) is 1. The van der Waals surface area contributed by atoms with E-state index in [1.807, 2.05) is 6.07 Å². The average Bonchev–Trinajstić information content (AvgIpc) is 2.49. The van der Waals surface area contributed by atoms with Gasteiger partial charge in [0.25, 0.3) is 0 Å². The zero-order valence-electron chi connectivity index (χ0n) is 11.5. The number of hydrogen-bond acceptors (Lipinski definition) is 5. The van der Waals surface area contributed by atoms with Crippen molar-refractivity contribution in [3.8, 4) is 6.07 Å². The van der Waals surface area contributed by atoms with Gasteiger partial charge in [0.15, 0.2) is 5.69 Å². The summed E-state index contributed by atoms with van der Waals surface area (Å²) in [5.74, 6) is 1.58. The summed E-state index contributed by atoms with van der Waals surface area (Å²) in [6.07, 6.45) is 6.91. The van der Waals surface area contributed by atoms with E-state index in [1.165, 1.54) is 45.1 Å². The van der Waals surface area contributed by atoms with Crippen LogP contribution in [0.2, 0.25) is 0 Å². The average molecular weight is 259 g/mol. The van der Waals surface area contributed by atoms with Gasteiger partial charge in [-0.25, -0.2) is 9.97 Å². The Morgan fingerprint density at radius 2 is 2.16 bits per heavy atom. The van der Waals surface area contributed by atoms with Gasteiger partial charge in [0.2, 0.25) is 0 Å². The van der Waals surface area contributed by atoms with Gasteiger partial charge >= 0.3 is 0 Å². The third kappa shape index (κ3) is 4.18. The van der Waals surface area contributed by atoms with Crippen LogP contribution < -0.4 is 5.32 Å². The van der Waals surface area contributed by atoms with E-state index >= 15 is 0 Å². The zero-order chi connectivity index (χ0) is 13.5. The van der Waals surface area contributed by atoms with Gasteiger partial charge in [0, 0.05) is 6.54 Å². The maximum absolute atomic E-state index is 8.64. The van der Waals surface area contributed by atoms with Gasteiger partial charge in [-0.05, 0) is 44.8 Å². The number of hydrogen-bond donors (Lipinski definition) is 1. The molecule has 1 aliphatic rings. The van der Waals surface area contributed by atoms with Crippen LogP contribution in [-0.4, -0.2) is 41.0 Å². The van der Waals surface area contributed by atoms with Crippen LogP contribution in [-0.2, 0) is 0 Å². The van der Waals surface area contributed by atoms with Gasteiger partial charge in [0.1, 0.15) is 11.9 Å². The minimum atomic E-state index is 0.359. The molecule has 1 saturated heterocycles. The zero-order valence-corrected chi connectivity index (χ0v) is 11.5. The number of likely N-dealkylation sites (tertiary alicyclic amines) is 1. The summed E-state index contributed by atoms with van der Waals surface area (Å²) in [6.45, 7) is 6.80. The molecule has 0 amide bonds. The molecule has 2 rings (SSSR count). The molecule has 1 fully saturated rings. The van der Waals surface area contributed by atoms with Crippen molar-refractivity contribution in [1.82, 2.24) is 14.9 Å². The molecule has 0 atom stereocenters. The fourth-order valence-corrected chi connectivity index (χ4v) is 2.47. The van der Waals surface area contributed by atoms with Gasteiger partial charge in [-0.3, -0.25) is 0 Å². The Morgan fingerprint density at radius 3 is 2.74 bits per heavy atom. The highest BCUT2D eigenvalue weighted by molar-refractivity contribution is 5.32.